The molecule has 2 heterocycles. The first-order valence-corrected chi connectivity index (χ1v) is 9.27. The van der Waals surface area contributed by atoms with Gasteiger partial charge < -0.3 is 10.7 Å². The Morgan fingerprint density at radius 2 is 1.87 bits per heavy atom. The zero-order valence-electron chi connectivity index (χ0n) is 15.8. The van der Waals surface area contributed by atoms with Crippen molar-refractivity contribution < 1.29 is 17.6 Å². The number of benzene rings is 2. The highest BCUT2D eigenvalue weighted by Crippen LogP contribution is 2.33. The Hall–Kier alpha value is -3.20. The first-order valence-electron chi connectivity index (χ1n) is 9.27. The van der Waals surface area contributed by atoms with Crippen molar-refractivity contribution >= 4 is 5.69 Å². The second-order valence-electron chi connectivity index (χ2n) is 7.20. The Labute approximate surface area is 169 Å². The summed E-state index contributed by atoms with van der Waals surface area (Å²) in [4.78, 5) is 21.6. The topological polar surface area (TPSA) is 75.0 Å². The number of nitrogens with one attached hydrogen (secondary N) is 1. The molecule has 0 amide bonds. The molecule has 0 aliphatic carbocycles. The average molecular weight is 418 g/mol. The third-order valence-corrected chi connectivity index (χ3v) is 5.11. The van der Waals surface area contributed by atoms with Gasteiger partial charge in [0.1, 0.15) is 11.6 Å². The number of nitrogens with zero attached hydrogens (tertiary/aromatic N) is 2. The molecule has 0 saturated carbocycles. The van der Waals surface area contributed by atoms with Gasteiger partial charge in [-0.15, -0.1) is 0 Å². The molecule has 0 atom stereocenters. The molecule has 1 aromatic heterocycles. The minimum absolute atomic E-state index is 0.0334. The number of halogens is 4. The van der Waals surface area contributed by atoms with Gasteiger partial charge in [-0.3, -0.25) is 9.69 Å². The smallest absolute Gasteiger partial charge is 0.399 e. The van der Waals surface area contributed by atoms with Gasteiger partial charge in [-0.2, -0.15) is 13.2 Å². The number of nitrogen functional groups attached to an aromatic ring is 1. The molecule has 156 valence electrons. The molecule has 0 fully saturated rings. The highest BCUT2D eigenvalue weighted by molar-refractivity contribution is 5.58. The number of anilines is 1. The number of alkyl halides is 3. The first-order chi connectivity index (χ1) is 14.2. The molecule has 4 rings (SSSR count). The van der Waals surface area contributed by atoms with Gasteiger partial charge in [0.05, 0.1) is 16.8 Å². The van der Waals surface area contributed by atoms with Crippen molar-refractivity contribution in [2.24, 2.45) is 0 Å². The molecule has 1 aliphatic rings. The summed E-state index contributed by atoms with van der Waals surface area (Å²) >= 11 is 0. The molecule has 1 aliphatic heterocycles. The minimum Gasteiger partial charge on any atom is -0.399 e. The van der Waals surface area contributed by atoms with Crippen LogP contribution in [0.2, 0.25) is 0 Å². The van der Waals surface area contributed by atoms with Crippen molar-refractivity contribution in [3.05, 3.63) is 81.0 Å². The lowest BCUT2D eigenvalue weighted by Crippen LogP contribution is -2.35. The van der Waals surface area contributed by atoms with Crippen LogP contribution in [-0.4, -0.2) is 21.4 Å². The van der Waals surface area contributed by atoms with Crippen LogP contribution in [0.4, 0.5) is 23.2 Å². The summed E-state index contributed by atoms with van der Waals surface area (Å²) in [6, 6.07) is 10.2. The highest BCUT2D eigenvalue weighted by Gasteiger charge is 2.35. The fraction of sp³-hybridized carbons (Fsp3) is 0.238. The highest BCUT2D eigenvalue weighted by atomic mass is 19.4. The van der Waals surface area contributed by atoms with Crippen LogP contribution in [0.15, 0.2) is 47.3 Å². The van der Waals surface area contributed by atoms with Crippen molar-refractivity contribution in [1.29, 1.82) is 0 Å². The van der Waals surface area contributed by atoms with Gasteiger partial charge in [0, 0.05) is 42.9 Å². The van der Waals surface area contributed by atoms with Gasteiger partial charge in [-0.05, 0) is 30.3 Å². The lowest BCUT2D eigenvalue weighted by Gasteiger charge is -2.28. The molecule has 3 N–H and O–H groups in total. The normalized spacial score (nSPS) is 14.5. The Balaban J connectivity index is 1.58. The standard InChI is InChI=1S/C21H18F4N4O/c22-18-13(2-1-3-16(18)21(23,24)25)10-29-9-8-17-15(11-29)20(30)28-19(27-17)12-4-6-14(26)7-5-12/h1-7H,8-11,26H2,(H,27,28,30). The molecular weight excluding hydrogens is 400 g/mol. The Morgan fingerprint density at radius 1 is 1.13 bits per heavy atom. The monoisotopic (exact) mass is 418 g/mol. The average Bonchev–Trinajstić information content (AvgIpc) is 2.69. The van der Waals surface area contributed by atoms with Crippen molar-refractivity contribution in [2.45, 2.75) is 25.7 Å². The molecule has 0 unspecified atom stereocenters. The number of hydrogen-bond acceptors (Lipinski definition) is 4. The summed E-state index contributed by atoms with van der Waals surface area (Å²) in [5, 5.41) is 0. The second kappa shape index (κ2) is 7.56. The van der Waals surface area contributed by atoms with E-state index in [2.05, 4.69) is 9.97 Å². The van der Waals surface area contributed by atoms with Gasteiger partial charge in [-0.25, -0.2) is 9.37 Å². The fourth-order valence-corrected chi connectivity index (χ4v) is 3.56. The van der Waals surface area contributed by atoms with Crippen molar-refractivity contribution in [3.63, 3.8) is 0 Å². The first kappa shape index (κ1) is 20.1. The van der Waals surface area contributed by atoms with E-state index < -0.39 is 17.6 Å². The van der Waals surface area contributed by atoms with Crippen LogP contribution in [0.25, 0.3) is 11.4 Å². The Bertz CT molecular complexity index is 1140. The lowest BCUT2D eigenvalue weighted by molar-refractivity contribution is -0.140. The Kier molecular flexibility index (Phi) is 5.07. The van der Waals surface area contributed by atoms with Crippen molar-refractivity contribution in [2.75, 3.05) is 12.3 Å². The Morgan fingerprint density at radius 3 is 2.57 bits per heavy atom. The van der Waals surface area contributed by atoms with Crippen LogP contribution in [-0.2, 0) is 25.7 Å². The second-order valence-corrected chi connectivity index (χ2v) is 7.20. The van der Waals surface area contributed by atoms with Crippen LogP contribution >= 0.6 is 0 Å². The number of nitrogens with two attached hydrogens (primary N) is 1. The van der Waals surface area contributed by atoms with Gasteiger partial charge >= 0.3 is 6.18 Å². The van der Waals surface area contributed by atoms with E-state index in [1.54, 1.807) is 29.2 Å². The zero-order chi connectivity index (χ0) is 21.5. The van der Waals surface area contributed by atoms with Crippen LogP contribution in [0.3, 0.4) is 0 Å². The largest absolute Gasteiger partial charge is 0.419 e. The van der Waals surface area contributed by atoms with E-state index in [9.17, 15) is 22.4 Å². The van der Waals surface area contributed by atoms with Crippen molar-refractivity contribution in [3.8, 4) is 11.4 Å². The summed E-state index contributed by atoms with van der Waals surface area (Å²) in [6.45, 7) is 0.587. The predicted octanol–water partition coefficient (Wildman–Crippen LogP) is 3.74. The fourth-order valence-electron chi connectivity index (χ4n) is 3.56. The van der Waals surface area contributed by atoms with E-state index in [0.717, 1.165) is 11.6 Å². The lowest BCUT2D eigenvalue weighted by atomic mass is 10.0. The summed E-state index contributed by atoms with van der Waals surface area (Å²) in [5.74, 6) is -0.849. The van der Waals surface area contributed by atoms with E-state index >= 15 is 0 Å². The van der Waals surface area contributed by atoms with Crippen LogP contribution < -0.4 is 11.3 Å². The molecule has 3 aromatic rings. The van der Waals surface area contributed by atoms with Crippen LogP contribution in [0, 0.1) is 5.82 Å². The van der Waals surface area contributed by atoms with E-state index in [4.69, 9.17) is 5.73 Å². The molecule has 5 nitrogen and oxygen atoms in total. The molecule has 9 heteroatoms. The predicted molar refractivity (Wildman–Crippen MR) is 104 cm³/mol. The number of fused-ring (bicyclic) bond motifs is 1. The van der Waals surface area contributed by atoms with Crippen molar-refractivity contribution in [1.82, 2.24) is 14.9 Å². The van der Waals surface area contributed by atoms with E-state index in [0.29, 0.717) is 35.7 Å². The molecule has 0 bridgehead atoms. The minimum atomic E-state index is -4.76. The third kappa shape index (κ3) is 3.93. The van der Waals surface area contributed by atoms with Gasteiger partial charge in [0.2, 0.25) is 0 Å². The van der Waals surface area contributed by atoms with E-state index in [-0.39, 0.29) is 24.2 Å². The summed E-state index contributed by atoms with van der Waals surface area (Å²) < 4.78 is 53.2. The van der Waals surface area contributed by atoms with E-state index in [1.807, 2.05) is 0 Å². The van der Waals surface area contributed by atoms with Gasteiger partial charge in [-0.1, -0.05) is 12.1 Å². The number of aromatic amines is 1. The number of aromatic nitrogens is 2. The molecular formula is C21H18F4N4O. The number of hydrogen-bond donors (Lipinski definition) is 2. The van der Waals surface area contributed by atoms with E-state index in [1.165, 1.54) is 12.1 Å². The quantitative estimate of drug-likeness (QED) is 0.502. The molecule has 0 saturated heterocycles. The molecule has 2 aromatic carbocycles. The maximum Gasteiger partial charge on any atom is 0.419 e. The van der Waals surface area contributed by atoms with Crippen LogP contribution in [0.1, 0.15) is 22.4 Å². The number of rotatable bonds is 3. The zero-order valence-corrected chi connectivity index (χ0v) is 15.8. The number of H-pyrrole nitrogens is 1. The maximum atomic E-state index is 14.3. The molecule has 30 heavy (non-hydrogen) atoms. The SMILES string of the molecule is Nc1ccc(-c2nc3c(c(=O)[nH]2)CN(Cc2cccc(C(F)(F)F)c2F)CC3)cc1. The summed E-state index contributed by atoms with van der Waals surface area (Å²) in [7, 11) is 0. The maximum absolute atomic E-state index is 14.3. The molecule has 0 radical (unpaired) electrons. The molecule has 0 spiro atoms. The summed E-state index contributed by atoms with van der Waals surface area (Å²) in [5.41, 5.74) is 6.40. The third-order valence-electron chi connectivity index (χ3n) is 5.11. The van der Waals surface area contributed by atoms with Crippen LogP contribution in [0.5, 0.6) is 0 Å². The summed E-state index contributed by atoms with van der Waals surface area (Å²) in [6.07, 6.45) is -4.32. The van der Waals surface area contributed by atoms with Gasteiger partial charge in [0.15, 0.2) is 0 Å². The van der Waals surface area contributed by atoms with Gasteiger partial charge in [0.25, 0.3) is 5.56 Å².